The van der Waals surface area contributed by atoms with Crippen molar-refractivity contribution >= 4 is 17.3 Å². The van der Waals surface area contributed by atoms with Gasteiger partial charge in [-0.15, -0.1) is 11.3 Å². The molecule has 1 fully saturated rings. The molecule has 1 N–H and O–H groups in total. The molecule has 5 heteroatoms. The molecule has 0 aliphatic heterocycles. The molecule has 1 saturated carbocycles. The molecule has 0 unspecified atom stereocenters. The van der Waals surface area contributed by atoms with Crippen LogP contribution in [0.3, 0.4) is 0 Å². The van der Waals surface area contributed by atoms with Gasteiger partial charge in [0.1, 0.15) is 10.6 Å². The molecule has 0 amide bonds. The topological polar surface area (TPSA) is 59.4 Å². The van der Waals surface area contributed by atoms with Gasteiger partial charge in [-0.1, -0.05) is 0 Å². The summed E-state index contributed by atoms with van der Waals surface area (Å²) in [6.07, 6.45) is 3.00. The van der Waals surface area contributed by atoms with Gasteiger partial charge >= 0.3 is 5.97 Å². The summed E-state index contributed by atoms with van der Waals surface area (Å²) in [6.45, 7) is 0. The number of aromatic nitrogens is 1. The Bertz CT molecular complexity index is 351. The fourth-order valence-electron chi connectivity index (χ4n) is 1.58. The van der Waals surface area contributed by atoms with Crippen LogP contribution in [-0.4, -0.2) is 23.2 Å². The highest BCUT2D eigenvalue weighted by molar-refractivity contribution is 7.10. The first-order valence-corrected chi connectivity index (χ1v) is 5.30. The maximum absolute atomic E-state index is 10.6. The largest absolute Gasteiger partial charge is 0.476 e. The summed E-state index contributed by atoms with van der Waals surface area (Å²) in [7, 11) is 1.65. The van der Waals surface area contributed by atoms with Crippen molar-refractivity contribution in [1.82, 2.24) is 4.98 Å². The number of carboxylic acids is 1. The van der Waals surface area contributed by atoms with Gasteiger partial charge in [0.15, 0.2) is 5.69 Å². The number of ether oxygens (including phenoxy) is 1. The van der Waals surface area contributed by atoms with Crippen molar-refractivity contribution in [2.75, 3.05) is 7.11 Å². The van der Waals surface area contributed by atoms with Crippen LogP contribution >= 0.6 is 11.3 Å². The number of hydrogen-bond donors (Lipinski definition) is 1. The first-order chi connectivity index (χ1) is 6.68. The second kappa shape index (κ2) is 3.33. The van der Waals surface area contributed by atoms with Gasteiger partial charge in [-0.05, 0) is 19.3 Å². The molecule has 0 aromatic carbocycles. The maximum atomic E-state index is 10.6. The zero-order chi connectivity index (χ0) is 10.2. The predicted molar refractivity (Wildman–Crippen MR) is 51.6 cm³/mol. The quantitative estimate of drug-likeness (QED) is 0.832. The van der Waals surface area contributed by atoms with Gasteiger partial charge in [0.05, 0.1) is 0 Å². The van der Waals surface area contributed by atoms with E-state index in [1.807, 2.05) is 0 Å². The molecule has 1 heterocycles. The number of carbonyl (C=O) groups is 1. The fraction of sp³-hybridized carbons (Fsp3) is 0.556. The third kappa shape index (κ3) is 1.33. The van der Waals surface area contributed by atoms with E-state index in [0.29, 0.717) is 0 Å². The van der Waals surface area contributed by atoms with Gasteiger partial charge in [-0.25, -0.2) is 9.78 Å². The summed E-state index contributed by atoms with van der Waals surface area (Å²) in [6, 6.07) is 0. The smallest absolute Gasteiger partial charge is 0.355 e. The number of methoxy groups -OCH3 is 1. The molecule has 1 aromatic rings. The van der Waals surface area contributed by atoms with Crippen LogP contribution in [0, 0.1) is 0 Å². The lowest BCUT2D eigenvalue weighted by Gasteiger charge is -2.38. The molecule has 0 radical (unpaired) electrons. The van der Waals surface area contributed by atoms with Crippen molar-refractivity contribution in [2.45, 2.75) is 24.9 Å². The molecule has 14 heavy (non-hydrogen) atoms. The summed E-state index contributed by atoms with van der Waals surface area (Å²) >= 11 is 1.37. The summed E-state index contributed by atoms with van der Waals surface area (Å²) in [5.74, 6) is -0.974. The molecule has 1 aliphatic carbocycles. The third-order valence-corrected chi connectivity index (χ3v) is 3.69. The normalized spacial score (nSPS) is 18.9. The van der Waals surface area contributed by atoms with Gasteiger partial charge in [0, 0.05) is 12.5 Å². The van der Waals surface area contributed by atoms with Crippen LogP contribution in [0.4, 0.5) is 0 Å². The highest BCUT2D eigenvalue weighted by Gasteiger charge is 2.41. The molecular weight excluding hydrogens is 202 g/mol. The lowest BCUT2D eigenvalue weighted by molar-refractivity contribution is -0.0779. The van der Waals surface area contributed by atoms with E-state index >= 15 is 0 Å². The Balaban J connectivity index is 2.27. The molecule has 76 valence electrons. The minimum atomic E-state index is -0.974. The average Bonchev–Trinajstić information content (AvgIpc) is 2.52. The van der Waals surface area contributed by atoms with E-state index < -0.39 is 5.97 Å². The molecule has 0 atom stereocenters. The van der Waals surface area contributed by atoms with Crippen LogP contribution in [-0.2, 0) is 10.3 Å². The van der Waals surface area contributed by atoms with Gasteiger partial charge in [0.25, 0.3) is 0 Å². The fourth-order valence-corrected chi connectivity index (χ4v) is 2.61. The Hall–Kier alpha value is -0.940. The van der Waals surface area contributed by atoms with Crippen LogP contribution in [0.1, 0.15) is 34.8 Å². The first-order valence-electron chi connectivity index (χ1n) is 4.42. The molecular formula is C9H11NO3S. The van der Waals surface area contributed by atoms with Crippen molar-refractivity contribution in [2.24, 2.45) is 0 Å². The lowest BCUT2D eigenvalue weighted by atomic mass is 9.80. The Morgan fingerprint density at radius 1 is 1.71 bits per heavy atom. The van der Waals surface area contributed by atoms with Gasteiger partial charge in [-0.2, -0.15) is 0 Å². The Labute approximate surface area is 85.5 Å². The molecule has 1 aliphatic rings. The zero-order valence-electron chi connectivity index (χ0n) is 7.82. The number of rotatable bonds is 3. The minimum Gasteiger partial charge on any atom is -0.476 e. The molecule has 0 spiro atoms. The summed E-state index contributed by atoms with van der Waals surface area (Å²) in [5, 5.41) is 11.1. The summed E-state index contributed by atoms with van der Waals surface area (Å²) < 4.78 is 5.41. The van der Waals surface area contributed by atoms with Crippen LogP contribution in [0.15, 0.2) is 5.38 Å². The van der Waals surface area contributed by atoms with Gasteiger partial charge < -0.3 is 9.84 Å². The molecule has 0 saturated heterocycles. The molecule has 1 aromatic heterocycles. The van der Waals surface area contributed by atoms with Crippen molar-refractivity contribution in [3.8, 4) is 0 Å². The number of thiazole rings is 1. The standard InChI is InChI=1S/C9H11NO3S/c1-13-9(3-2-4-9)8-10-6(5-14-8)7(11)12/h5H,2-4H2,1H3,(H,11,12). The monoisotopic (exact) mass is 213 g/mol. The van der Waals surface area contributed by atoms with E-state index in [1.54, 1.807) is 12.5 Å². The Morgan fingerprint density at radius 3 is 2.79 bits per heavy atom. The van der Waals surface area contributed by atoms with E-state index in [9.17, 15) is 4.79 Å². The number of carboxylic acid groups (broad SMARTS) is 1. The van der Waals surface area contributed by atoms with Crippen molar-refractivity contribution in [1.29, 1.82) is 0 Å². The zero-order valence-corrected chi connectivity index (χ0v) is 8.63. The van der Waals surface area contributed by atoms with Crippen LogP contribution in [0.5, 0.6) is 0 Å². The molecule has 4 nitrogen and oxygen atoms in total. The highest BCUT2D eigenvalue weighted by atomic mass is 32.1. The van der Waals surface area contributed by atoms with E-state index in [2.05, 4.69) is 4.98 Å². The van der Waals surface area contributed by atoms with E-state index in [-0.39, 0.29) is 11.3 Å². The second-order valence-electron chi connectivity index (χ2n) is 3.40. The summed E-state index contributed by atoms with van der Waals surface area (Å²) in [4.78, 5) is 14.7. The third-order valence-electron chi connectivity index (χ3n) is 2.67. The van der Waals surface area contributed by atoms with Crippen LogP contribution in [0.2, 0.25) is 0 Å². The number of aromatic carboxylic acids is 1. The molecule has 2 rings (SSSR count). The predicted octanol–water partition coefficient (Wildman–Crippen LogP) is 1.87. The number of hydrogen-bond acceptors (Lipinski definition) is 4. The Kier molecular flexibility index (Phi) is 2.28. The maximum Gasteiger partial charge on any atom is 0.355 e. The summed E-state index contributed by atoms with van der Waals surface area (Å²) in [5.41, 5.74) is -0.174. The van der Waals surface area contributed by atoms with E-state index in [0.717, 1.165) is 24.3 Å². The van der Waals surface area contributed by atoms with Crippen LogP contribution in [0.25, 0.3) is 0 Å². The molecule has 0 bridgehead atoms. The van der Waals surface area contributed by atoms with E-state index in [1.165, 1.54) is 11.3 Å². The van der Waals surface area contributed by atoms with Crippen molar-refractivity contribution in [3.63, 3.8) is 0 Å². The average molecular weight is 213 g/mol. The van der Waals surface area contributed by atoms with Crippen LogP contribution < -0.4 is 0 Å². The van der Waals surface area contributed by atoms with Crippen molar-refractivity contribution < 1.29 is 14.6 Å². The highest BCUT2D eigenvalue weighted by Crippen LogP contribution is 2.45. The Morgan fingerprint density at radius 2 is 2.43 bits per heavy atom. The number of nitrogens with zero attached hydrogens (tertiary/aromatic N) is 1. The minimum absolute atomic E-state index is 0.119. The van der Waals surface area contributed by atoms with Gasteiger partial charge in [-0.3, -0.25) is 0 Å². The SMILES string of the molecule is COC1(c2nc(C(=O)O)cs2)CCC1. The first kappa shape index (κ1) is 9.61. The van der Waals surface area contributed by atoms with E-state index in [4.69, 9.17) is 9.84 Å². The van der Waals surface area contributed by atoms with Crippen molar-refractivity contribution in [3.05, 3.63) is 16.1 Å². The second-order valence-corrected chi connectivity index (χ2v) is 4.25. The van der Waals surface area contributed by atoms with Gasteiger partial charge in [0.2, 0.25) is 0 Å². The lowest BCUT2D eigenvalue weighted by Crippen LogP contribution is -2.36.